The lowest BCUT2D eigenvalue weighted by atomic mass is 10.1. The van der Waals surface area contributed by atoms with Crippen LogP contribution in [0, 0.1) is 0 Å². The molecular weight excluding hydrogens is 348 g/mol. The standard InChI is InChI=1S/C20H24N2O3S/c1-4-13(10-11-16(23)5-2)20-22(19(25)17(6-3)26-20)15-9-7-8-14(12-15)18(21)24/h4-5,7-12,17,20,23H,6H2,1-3H3,(H2,21,24)/b11-10-,13-4+,16-5+. The van der Waals surface area contributed by atoms with Gasteiger partial charge < -0.3 is 10.8 Å². The summed E-state index contributed by atoms with van der Waals surface area (Å²) in [7, 11) is 0. The molecule has 1 aliphatic heterocycles. The highest BCUT2D eigenvalue weighted by atomic mass is 32.2. The number of amides is 2. The van der Waals surface area contributed by atoms with Crippen molar-refractivity contribution in [1.29, 1.82) is 0 Å². The Morgan fingerprint density at radius 1 is 1.31 bits per heavy atom. The Labute approximate surface area is 158 Å². The molecule has 0 aliphatic carbocycles. The number of carbonyl (C=O) groups excluding carboxylic acids is 2. The molecule has 0 saturated carbocycles. The first kappa shape index (κ1) is 19.8. The van der Waals surface area contributed by atoms with Crippen LogP contribution in [0.1, 0.15) is 37.6 Å². The van der Waals surface area contributed by atoms with E-state index in [1.54, 1.807) is 60.0 Å². The van der Waals surface area contributed by atoms with Crippen LogP contribution in [0.15, 0.2) is 59.9 Å². The Morgan fingerprint density at radius 2 is 2.04 bits per heavy atom. The van der Waals surface area contributed by atoms with Crippen molar-refractivity contribution in [3.8, 4) is 0 Å². The van der Waals surface area contributed by atoms with Crippen LogP contribution < -0.4 is 10.6 Å². The van der Waals surface area contributed by atoms with E-state index in [2.05, 4.69) is 0 Å². The summed E-state index contributed by atoms with van der Waals surface area (Å²) in [6.45, 7) is 5.62. The maximum atomic E-state index is 12.9. The zero-order valence-electron chi connectivity index (χ0n) is 15.2. The van der Waals surface area contributed by atoms with Gasteiger partial charge in [-0.15, -0.1) is 11.8 Å². The van der Waals surface area contributed by atoms with Crippen LogP contribution in [-0.4, -0.2) is 27.5 Å². The zero-order valence-corrected chi connectivity index (χ0v) is 16.0. The summed E-state index contributed by atoms with van der Waals surface area (Å²) in [5.41, 5.74) is 7.29. The van der Waals surface area contributed by atoms with Gasteiger partial charge in [-0.05, 0) is 56.2 Å². The van der Waals surface area contributed by atoms with Crippen LogP contribution in [0.3, 0.4) is 0 Å². The average Bonchev–Trinajstić information content (AvgIpc) is 2.98. The van der Waals surface area contributed by atoms with Crippen LogP contribution in [-0.2, 0) is 4.79 Å². The molecule has 0 bridgehead atoms. The number of primary amides is 1. The number of rotatable bonds is 6. The molecule has 1 aliphatic rings. The number of nitrogens with two attached hydrogens (primary N) is 1. The second-order valence-corrected chi connectivity index (χ2v) is 7.13. The Kier molecular flexibility index (Phi) is 6.69. The number of aliphatic hydroxyl groups is 1. The SMILES string of the molecule is C\C=C(O)/C=C\C(=C/C)C1SC(CC)C(=O)N1c1cccc(C(N)=O)c1. The summed E-state index contributed by atoms with van der Waals surface area (Å²) >= 11 is 1.57. The largest absolute Gasteiger partial charge is 0.508 e. The number of hydrogen-bond donors (Lipinski definition) is 2. The van der Waals surface area contributed by atoms with Crippen molar-refractivity contribution < 1.29 is 14.7 Å². The minimum Gasteiger partial charge on any atom is -0.508 e. The number of nitrogens with zero attached hydrogens (tertiary/aromatic N) is 1. The quantitative estimate of drug-likeness (QED) is 0.585. The normalized spacial score (nSPS) is 21.7. The molecule has 1 aromatic rings. The fourth-order valence-corrected chi connectivity index (χ4v) is 4.17. The second-order valence-electron chi connectivity index (χ2n) is 5.84. The third-order valence-corrected chi connectivity index (χ3v) is 5.79. The fraction of sp³-hybridized carbons (Fsp3) is 0.300. The van der Waals surface area contributed by atoms with Crippen LogP contribution in [0.4, 0.5) is 5.69 Å². The summed E-state index contributed by atoms with van der Waals surface area (Å²) in [5.74, 6) is -0.362. The predicted octanol–water partition coefficient (Wildman–Crippen LogP) is 3.93. The van der Waals surface area contributed by atoms with Crippen LogP contribution in [0.25, 0.3) is 0 Å². The Balaban J connectivity index is 2.46. The molecule has 2 unspecified atom stereocenters. The lowest BCUT2D eigenvalue weighted by molar-refractivity contribution is -0.117. The third kappa shape index (κ3) is 4.19. The molecular formula is C20H24N2O3S. The van der Waals surface area contributed by atoms with Gasteiger partial charge in [-0.2, -0.15) is 0 Å². The van der Waals surface area contributed by atoms with Crippen molar-refractivity contribution in [2.45, 2.75) is 37.8 Å². The first-order valence-corrected chi connectivity index (χ1v) is 9.45. The molecule has 2 atom stereocenters. The lowest BCUT2D eigenvalue weighted by Crippen LogP contribution is -2.35. The third-order valence-electron chi connectivity index (χ3n) is 4.18. The molecule has 1 aromatic carbocycles. The monoisotopic (exact) mass is 372 g/mol. The van der Waals surface area contributed by atoms with E-state index in [4.69, 9.17) is 5.73 Å². The number of allylic oxidation sites excluding steroid dienone is 3. The van der Waals surface area contributed by atoms with E-state index in [9.17, 15) is 14.7 Å². The summed E-state index contributed by atoms with van der Waals surface area (Å²) < 4.78 is 0. The summed E-state index contributed by atoms with van der Waals surface area (Å²) in [4.78, 5) is 26.1. The van der Waals surface area contributed by atoms with Gasteiger partial charge >= 0.3 is 0 Å². The molecule has 2 rings (SSSR count). The molecule has 1 fully saturated rings. The van der Waals surface area contributed by atoms with Gasteiger partial charge in [0.05, 0.1) is 5.25 Å². The van der Waals surface area contributed by atoms with Gasteiger partial charge in [0.2, 0.25) is 11.8 Å². The summed E-state index contributed by atoms with van der Waals surface area (Å²) in [6.07, 6.45) is 7.65. The van der Waals surface area contributed by atoms with Gasteiger partial charge in [0.25, 0.3) is 0 Å². The topological polar surface area (TPSA) is 83.6 Å². The van der Waals surface area contributed by atoms with Crippen molar-refractivity contribution >= 4 is 29.3 Å². The van der Waals surface area contributed by atoms with Crippen LogP contribution in [0.5, 0.6) is 0 Å². The van der Waals surface area contributed by atoms with E-state index in [1.807, 2.05) is 26.0 Å². The summed E-state index contributed by atoms with van der Waals surface area (Å²) in [6, 6.07) is 6.80. The Bertz CT molecular complexity index is 783. The maximum Gasteiger partial charge on any atom is 0.248 e. The molecule has 0 spiro atoms. The van der Waals surface area contributed by atoms with Crippen LogP contribution >= 0.6 is 11.8 Å². The van der Waals surface area contributed by atoms with E-state index >= 15 is 0 Å². The number of hydrogen-bond acceptors (Lipinski definition) is 4. The van der Waals surface area contributed by atoms with Gasteiger partial charge in [-0.1, -0.05) is 25.1 Å². The zero-order chi connectivity index (χ0) is 19.3. The number of benzene rings is 1. The van der Waals surface area contributed by atoms with Crippen molar-refractivity contribution in [2.24, 2.45) is 5.73 Å². The first-order valence-electron chi connectivity index (χ1n) is 8.50. The van der Waals surface area contributed by atoms with E-state index in [-0.39, 0.29) is 22.3 Å². The first-order chi connectivity index (χ1) is 12.4. The fourth-order valence-electron chi connectivity index (χ4n) is 2.71. The Morgan fingerprint density at radius 3 is 2.62 bits per heavy atom. The van der Waals surface area contributed by atoms with Crippen molar-refractivity contribution in [3.63, 3.8) is 0 Å². The average molecular weight is 372 g/mol. The molecule has 1 heterocycles. The summed E-state index contributed by atoms with van der Waals surface area (Å²) in [5, 5.41) is 9.29. The van der Waals surface area contributed by atoms with Gasteiger partial charge in [-0.3, -0.25) is 14.5 Å². The number of aliphatic hydroxyl groups excluding tert-OH is 1. The van der Waals surface area contributed by atoms with E-state index in [1.165, 1.54) is 0 Å². The highest BCUT2D eigenvalue weighted by molar-refractivity contribution is 8.02. The molecule has 0 aromatic heterocycles. The number of carbonyl (C=O) groups is 2. The minimum atomic E-state index is -0.529. The van der Waals surface area contributed by atoms with E-state index < -0.39 is 5.91 Å². The van der Waals surface area contributed by atoms with E-state index in [0.717, 1.165) is 5.57 Å². The minimum absolute atomic E-state index is 0.00660. The lowest BCUT2D eigenvalue weighted by Gasteiger charge is -2.25. The number of thioether (sulfide) groups is 1. The molecule has 5 nitrogen and oxygen atoms in total. The molecule has 26 heavy (non-hydrogen) atoms. The highest BCUT2D eigenvalue weighted by Crippen LogP contribution is 2.41. The second kappa shape index (κ2) is 8.76. The smallest absolute Gasteiger partial charge is 0.248 e. The molecule has 6 heteroatoms. The molecule has 138 valence electrons. The van der Waals surface area contributed by atoms with Gasteiger partial charge in [0.15, 0.2) is 0 Å². The van der Waals surface area contributed by atoms with E-state index in [0.29, 0.717) is 17.7 Å². The van der Waals surface area contributed by atoms with Crippen molar-refractivity contribution in [3.05, 3.63) is 65.5 Å². The molecule has 0 radical (unpaired) electrons. The highest BCUT2D eigenvalue weighted by Gasteiger charge is 2.41. The van der Waals surface area contributed by atoms with Gasteiger partial charge in [0.1, 0.15) is 11.1 Å². The number of anilines is 1. The van der Waals surface area contributed by atoms with Gasteiger partial charge in [-0.25, -0.2) is 0 Å². The van der Waals surface area contributed by atoms with Crippen molar-refractivity contribution in [2.75, 3.05) is 4.90 Å². The van der Waals surface area contributed by atoms with Crippen LogP contribution in [0.2, 0.25) is 0 Å². The predicted molar refractivity (Wildman–Crippen MR) is 107 cm³/mol. The van der Waals surface area contributed by atoms with Crippen molar-refractivity contribution in [1.82, 2.24) is 0 Å². The van der Waals surface area contributed by atoms with Gasteiger partial charge in [0, 0.05) is 11.3 Å². The maximum absolute atomic E-state index is 12.9. The Hall–Kier alpha value is -2.47. The molecule has 3 N–H and O–H groups in total. The molecule has 2 amide bonds. The molecule has 1 saturated heterocycles.